The summed E-state index contributed by atoms with van der Waals surface area (Å²) in [5, 5.41) is 65.5. The summed E-state index contributed by atoms with van der Waals surface area (Å²) in [5.74, 6) is 0.317. The maximum Gasteiger partial charge on any atom is 0.317 e. The van der Waals surface area contributed by atoms with Crippen LogP contribution in [0.2, 0.25) is 0 Å². The Morgan fingerprint density at radius 3 is 2.13 bits per heavy atom. The largest absolute Gasteiger partial charge is 0.455 e. The molecule has 4 aliphatic heterocycles. The van der Waals surface area contributed by atoms with Crippen LogP contribution in [0.5, 0.6) is 0 Å². The third-order valence-electron chi connectivity index (χ3n) is 17.8. The quantitative estimate of drug-likeness (QED) is 0.136. The summed E-state index contributed by atoms with van der Waals surface area (Å²) >= 11 is 0. The molecule has 4 heterocycles. The smallest absolute Gasteiger partial charge is 0.317 e. The summed E-state index contributed by atoms with van der Waals surface area (Å²) in [4.78, 5) is 13.8. The van der Waals surface area contributed by atoms with Gasteiger partial charge >= 0.3 is 5.97 Å². The van der Waals surface area contributed by atoms with Gasteiger partial charge < -0.3 is 59.1 Å². The van der Waals surface area contributed by atoms with Crippen molar-refractivity contribution in [1.82, 2.24) is 0 Å². The van der Waals surface area contributed by atoms with E-state index in [9.17, 15) is 35.4 Å². The minimum absolute atomic E-state index is 0.104. The number of hydrogen-bond donors (Lipinski definition) is 6. The summed E-state index contributed by atoms with van der Waals surface area (Å²) in [5.41, 5.74) is -2.02. The predicted molar refractivity (Wildman–Crippen MR) is 196 cm³/mol. The van der Waals surface area contributed by atoms with Gasteiger partial charge in [-0.2, -0.15) is 0 Å². The van der Waals surface area contributed by atoms with Crippen LogP contribution in [0.4, 0.5) is 0 Å². The maximum absolute atomic E-state index is 13.8. The topological polar surface area (TPSA) is 194 Å². The Morgan fingerprint density at radius 2 is 1.45 bits per heavy atom. The van der Waals surface area contributed by atoms with Gasteiger partial charge in [-0.3, -0.25) is 4.79 Å². The van der Waals surface area contributed by atoms with Crippen molar-refractivity contribution in [1.29, 1.82) is 0 Å². The van der Waals surface area contributed by atoms with E-state index in [2.05, 4.69) is 34.6 Å². The monoisotopic (exact) mass is 778 g/mol. The molecule has 2 bridgehead atoms. The van der Waals surface area contributed by atoms with Crippen LogP contribution in [-0.2, 0) is 33.2 Å². The molecule has 8 fully saturated rings. The maximum atomic E-state index is 13.8. The van der Waals surface area contributed by atoms with Crippen molar-refractivity contribution in [2.24, 2.45) is 38.9 Å². The fraction of sp³-hybridized carbons (Fsp3) is 0.929. The molecule has 0 aromatic rings. The van der Waals surface area contributed by atoms with E-state index in [1.165, 1.54) is 0 Å². The Labute approximate surface area is 325 Å². The second-order valence-electron chi connectivity index (χ2n) is 20.4. The van der Waals surface area contributed by atoms with Crippen LogP contribution in [0.1, 0.15) is 113 Å². The Bertz CT molecular complexity index is 1580. The van der Waals surface area contributed by atoms with E-state index < -0.39 is 71.9 Å². The van der Waals surface area contributed by atoms with Gasteiger partial charge in [-0.25, -0.2) is 0 Å². The Balaban J connectivity index is 1.09. The van der Waals surface area contributed by atoms with Gasteiger partial charge in [-0.05, 0) is 123 Å². The van der Waals surface area contributed by atoms with E-state index >= 15 is 0 Å². The lowest BCUT2D eigenvalue weighted by atomic mass is 9.33. The molecule has 4 saturated heterocycles. The molecule has 1 spiro atoms. The molecule has 13 nitrogen and oxygen atoms in total. The lowest BCUT2D eigenvalue weighted by molar-refractivity contribution is -0.364. The van der Waals surface area contributed by atoms with Crippen molar-refractivity contribution in [3.05, 3.63) is 11.1 Å². The summed E-state index contributed by atoms with van der Waals surface area (Å²) in [7, 11) is 1.77. The zero-order valence-corrected chi connectivity index (χ0v) is 34.1. The van der Waals surface area contributed by atoms with Gasteiger partial charge in [0.1, 0.15) is 47.8 Å². The molecule has 9 aliphatic rings. The predicted octanol–water partition coefficient (Wildman–Crippen LogP) is 2.88. The zero-order chi connectivity index (χ0) is 40.1. The molecular weight excluding hydrogens is 712 g/mol. The highest BCUT2D eigenvalue weighted by molar-refractivity contribution is 5.86. The molecule has 0 amide bonds. The first-order chi connectivity index (χ1) is 25.5. The van der Waals surface area contributed by atoms with E-state index in [-0.39, 0.29) is 58.3 Å². The molecule has 5 aliphatic carbocycles. The minimum Gasteiger partial charge on any atom is -0.455 e. The van der Waals surface area contributed by atoms with Gasteiger partial charge in [0.05, 0.1) is 30.3 Å². The second-order valence-corrected chi connectivity index (χ2v) is 20.4. The van der Waals surface area contributed by atoms with Gasteiger partial charge in [0.15, 0.2) is 12.6 Å². The van der Waals surface area contributed by atoms with Crippen molar-refractivity contribution in [2.45, 2.75) is 192 Å². The third-order valence-corrected chi connectivity index (χ3v) is 17.8. The Hall–Kier alpha value is -1.23. The summed E-state index contributed by atoms with van der Waals surface area (Å²) < 4.78 is 37.1. The van der Waals surface area contributed by atoms with Crippen LogP contribution in [0, 0.1) is 38.9 Å². The number of aliphatic hydroxyl groups is 6. The molecule has 1 unspecified atom stereocenters. The Kier molecular flexibility index (Phi) is 9.50. The van der Waals surface area contributed by atoms with Gasteiger partial charge in [0.2, 0.25) is 0 Å². The van der Waals surface area contributed by atoms with Crippen LogP contribution < -0.4 is 0 Å². The lowest BCUT2D eigenvalue weighted by Crippen LogP contribution is -2.72. The fourth-order valence-corrected chi connectivity index (χ4v) is 14.0. The summed E-state index contributed by atoms with van der Waals surface area (Å²) in [6.07, 6.45) is -5.26. The van der Waals surface area contributed by atoms with E-state index in [0.29, 0.717) is 25.7 Å². The van der Waals surface area contributed by atoms with E-state index in [4.69, 9.17) is 28.4 Å². The molecule has 9 rings (SSSR count). The number of ether oxygens (including phenoxy) is 6. The molecule has 0 radical (unpaired) electrons. The van der Waals surface area contributed by atoms with Gasteiger partial charge in [-0.1, -0.05) is 34.6 Å². The highest BCUT2D eigenvalue weighted by Gasteiger charge is 2.75. The average Bonchev–Trinajstić information content (AvgIpc) is 3.11. The van der Waals surface area contributed by atoms with Gasteiger partial charge in [-0.15, -0.1) is 0 Å². The van der Waals surface area contributed by atoms with Crippen molar-refractivity contribution in [3.8, 4) is 0 Å². The first-order valence-corrected chi connectivity index (χ1v) is 20.8. The van der Waals surface area contributed by atoms with Crippen LogP contribution in [0.25, 0.3) is 0 Å². The van der Waals surface area contributed by atoms with E-state index in [0.717, 1.165) is 43.3 Å². The van der Waals surface area contributed by atoms with Crippen LogP contribution in [0.3, 0.4) is 0 Å². The SMILES string of the molecule is CO[C@H]1C[C@@H]2[C@@]3(C)CC[C@H](O[C@H]4OC[C@H](O)[C@H](O)[C@H]4O[C@@H]4O[C@@H](C)[C@H](O)[C@@H](O)[C@H]4O)C(C)(C)[C@@H]3CC[C@@]2(C)[C@]2(C)CCC34CC[C@](C)(OC3=O)[C@@](C)(O)C4=C12. The molecule has 19 atom stereocenters. The number of fused-ring (bicyclic) bond motifs is 7. The second kappa shape index (κ2) is 12.9. The van der Waals surface area contributed by atoms with Crippen molar-refractivity contribution in [3.63, 3.8) is 0 Å². The minimum atomic E-state index is -1.60. The number of methoxy groups -OCH3 is 1. The van der Waals surface area contributed by atoms with Gasteiger partial charge in [0, 0.05) is 7.11 Å². The average molecular weight is 779 g/mol. The highest BCUT2D eigenvalue weighted by Crippen LogP contribution is 2.77. The van der Waals surface area contributed by atoms with E-state index in [1.54, 1.807) is 14.0 Å². The lowest BCUT2D eigenvalue weighted by Gasteiger charge is -2.73. The summed E-state index contributed by atoms with van der Waals surface area (Å²) in [6.45, 7) is 16.9. The fourth-order valence-electron chi connectivity index (χ4n) is 14.0. The molecule has 55 heavy (non-hydrogen) atoms. The first-order valence-electron chi connectivity index (χ1n) is 20.8. The number of esters is 1. The standard InChI is InChI=1S/C42H66O13/c1-20-27(44)29(46)30(47)33(52-20)54-31-28(45)21(43)19-51-34(31)53-25-11-12-37(4)23(36(25,2)3)10-13-38(5)24(37)18-22(50-9)26-32-41(8,49)40(7)15-17-42(32,35(48)55-40)16-14-39(26,38)6/h20-25,27-31,33-34,43-47,49H,10-19H2,1-9H3/t20-,21-,22-,23-,24+,25-,27-,28-,29+,30+,31+,33-,34+,37-,38+,39+,40-,41-,42?/m0/s1. The van der Waals surface area contributed by atoms with Crippen molar-refractivity contribution < 1.29 is 63.9 Å². The molecular formula is C42H66O13. The first kappa shape index (κ1) is 40.5. The van der Waals surface area contributed by atoms with Crippen LogP contribution >= 0.6 is 0 Å². The number of rotatable bonds is 5. The van der Waals surface area contributed by atoms with Gasteiger partial charge in [0.25, 0.3) is 0 Å². The molecule has 6 N–H and O–H groups in total. The van der Waals surface area contributed by atoms with Crippen LogP contribution in [-0.4, -0.2) is 129 Å². The molecule has 312 valence electrons. The normalized spacial score (nSPS) is 57.2. The number of aliphatic hydroxyl groups excluding tert-OH is 5. The number of carbonyl (C=O) groups excluding carboxylic acids is 1. The number of carbonyl (C=O) groups is 1. The molecule has 13 heteroatoms. The summed E-state index contributed by atoms with van der Waals surface area (Å²) in [6, 6.07) is 0. The van der Waals surface area contributed by atoms with Crippen LogP contribution in [0.15, 0.2) is 11.1 Å². The molecule has 0 aromatic carbocycles. The molecule has 0 aromatic heterocycles. The Morgan fingerprint density at radius 1 is 0.764 bits per heavy atom. The van der Waals surface area contributed by atoms with Crippen molar-refractivity contribution >= 4 is 5.97 Å². The van der Waals surface area contributed by atoms with E-state index in [1.807, 2.05) is 13.8 Å². The molecule has 4 saturated carbocycles. The third kappa shape index (κ3) is 5.26. The highest BCUT2D eigenvalue weighted by atomic mass is 16.8. The number of hydrogen-bond acceptors (Lipinski definition) is 13. The zero-order valence-electron chi connectivity index (χ0n) is 34.1. The van der Waals surface area contributed by atoms with Crippen molar-refractivity contribution in [2.75, 3.05) is 13.7 Å².